The van der Waals surface area contributed by atoms with Crippen LogP contribution in [0.5, 0.6) is 0 Å². The van der Waals surface area contributed by atoms with Crippen molar-refractivity contribution < 1.29 is 9.13 Å². The van der Waals surface area contributed by atoms with E-state index in [2.05, 4.69) is 0 Å². The van der Waals surface area contributed by atoms with E-state index in [-0.39, 0.29) is 5.60 Å². The SMILES string of the molecule is F[C@@H]1COC2(CCC2)C1. The van der Waals surface area contributed by atoms with Crippen molar-refractivity contribution in [3.05, 3.63) is 0 Å². The highest BCUT2D eigenvalue weighted by Crippen LogP contribution is 2.43. The van der Waals surface area contributed by atoms with E-state index in [1.807, 2.05) is 0 Å². The van der Waals surface area contributed by atoms with Crippen LogP contribution in [0.2, 0.25) is 0 Å². The molecule has 2 aliphatic rings. The van der Waals surface area contributed by atoms with Gasteiger partial charge in [-0.1, -0.05) is 0 Å². The van der Waals surface area contributed by atoms with E-state index in [9.17, 15) is 4.39 Å². The molecule has 1 heterocycles. The molecule has 1 saturated heterocycles. The van der Waals surface area contributed by atoms with Crippen LogP contribution in [0.4, 0.5) is 4.39 Å². The molecule has 0 aromatic heterocycles. The topological polar surface area (TPSA) is 9.23 Å². The first-order chi connectivity index (χ1) is 4.31. The average Bonchev–Trinajstić information content (AvgIpc) is 2.09. The summed E-state index contributed by atoms with van der Waals surface area (Å²) in [6.45, 7) is 0.347. The second-order valence-electron chi connectivity index (χ2n) is 3.15. The number of alkyl halides is 1. The third kappa shape index (κ3) is 0.767. The van der Waals surface area contributed by atoms with Gasteiger partial charge in [0.2, 0.25) is 0 Å². The quantitative estimate of drug-likeness (QED) is 0.484. The maximum atomic E-state index is 12.5. The molecule has 52 valence electrons. The predicted octanol–water partition coefficient (Wildman–Crippen LogP) is 1.67. The fourth-order valence-electron chi connectivity index (χ4n) is 1.71. The summed E-state index contributed by atoms with van der Waals surface area (Å²) < 4.78 is 17.8. The van der Waals surface area contributed by atoms with Crippen LogP contribution >= 0.6 is 0 Å². The van der Waals surface area contributed by atoms with Crippen LogP contribution in [0.15, 0.2) is 0 Å². The molecule has 1 aliphatic heterocycles. The maximum Gasteiger partial charge on any atom is 0.126 e. The van der Waals surface area contributed by atoms with E-state index in [0.29, 0.717) is 13.0 Å². The van der Waals surface area contributed by atoms with Crippen LogP contribution in [0, 0.1) is 0 Å². The average molecular weight is 130 g/mol. The Labute approximate surface area is 54.2 Å². The molecule has 0 unspecified atom stereocenters. The van der Waals surface area contributed by atoms with Gasteiger partial charge in [-0.15, -0.1) is 0 Å². The summed E-state index contributed by atoms with van der Waals surface area (Å²) in [6, 6.07) is 0. The van der Waals surface area contributed by atoms with Crippen molar-refractivity contribution in [3.8, 4) is 0 Å². The molecule has 0 amide bonds. The molecule has 0 bridgehead atoms. The monoisotopic (exact) mass is 130 g/mol. The molecule has 1 spiro atoms. The molecule has 1 atom stereocenters. The van der Waals surface area contributed by atoms with Crippen LogP contribution in [0.25, 0.3) is 0 Å². The van der Waals surface area contributed by atoms with Crippen molar-refractivity contribution >= 4 is 0 Å². The second kappa shape index (κ2) is 1.69. The Morgan fingerprint density at radius 3 is 2.44 bits per heavy atom. The van der Waals surface area contributed by atoms with Crippen molar-refractivity contribution in [2.75, 3.05) is 6.61 Å². The van der Waals surface area contributed by atoms with Crippen LogP contribution in [-0.4, -0.2) is 18.4 Å². The first-order valence-electron chi connectivity index (χ1n) is 3.59. The Bertz CT molecular complexity index is 120. The number of hydrogen-bond donors (Lipinski definition) is 0. The summed E-state index contributed by atoms with van der Waals surface area (Å²) in [5.41, 5.74) is 0.0133. The summed E-state index contributed by atoms with van der Waals surface area (Å²) in [6.07, 6.45) is 3.39. The molecule has 1 saturated carbocycles. The van der Waals surface area contributed by atoms with Crippen molar-refractivity contribution in [2.45, 2.75) is 37.5 Å². The van der Waals surface area contributed by atoms with Crippen molar-refractivity contribution in [2.24, 2.45) is 0 Å². The minimum Gasteiger partial charge on any atom is -0.372 e. The molecular weight excluding hydrogens is 119 g/mol. The molecule has 0 radical (unpaired) electrons. The number of ether oxygens (including phenoxy) is 1. The lowest BCUT2D eigenvalue weighted by atomic mass is 9.78. The van der Waals surface area contributed by atoms with Gasteiger partial charge in [0.15, 0.2) is 0 Å². The first-order valence-corrected chi connectivity index (χ1v) is 3.59. The molecule has 0 N–H and O–H groups in total. The number of hydrogen-bond acceptors (Lipinski definition) is 1. The Morgan fingerprint density at radius 2 is 2.22 bits per heavy atom. The molecule has 1 nitrogen and oxygen atoms in total. The zero-order chi connectivity index (χ0) is 6.32. The van der Waals surface area contributed by atoms with Gasteiger partial charge < -0.3 is 4.74 Å². The van der Waals surface area contributed by atoms with Gasteiger partial charge in [-0.25, -0.2) is 4.39 Å². The fraction of sp³-hybridized carbons (Fsp3) is 1.00. The molecule has 2 heteroatoms. The third-order valence-electron chi connectivity index (χ3n) is 2.43. The van der Waals surface area contributed by atoms with Gasteiger partial charge in [-0.2, -0.15) is 0 Å². The van der Waals surface area contributed by atoms with Crippen molar-refractivity contribution in [1.29, 1.82) is 0 Å². The van der Waals surface area contributed by atoms with Gasteiger partial charge in [0.1, 0.15) is 6.17 Å². The van der Waals surface area contributed by atoms with E-state index in [4.69, 9.17) is 4.74 Å². The molecule has 0 aromatic carbocycles. The van der Waals surface area contributed by atoms with Gasteiger partial charge in [0.05, 0.1) is 12.2 Å². The molecular formula is C7H11FO. The Hall–Kier alpha value is -0.110. The smallest absolute Gasteiger partial charge is 0.126 e. The molecule has 1 aliphatic carbocycles. The first kappa shape index (κ1) is 5.66. The highest BCUT2D eigenvalue weighted by Gasteiger charge is 2.45. The van der Waals surface area contributed by atoms with Crippen molar-refractivity contribution in [1.82, 2.24) is 0 Å². The zero-order valence-corrected chi connectivity index (χ0v) is 5.40. The molecule has 2 rings (SSSR count). The molecule has 0 aromatic rings. The second-order valence-corrected chi connectivity index (χ2v) is 3.15. The summed E-state index contributed by atoms with van der Waals surface area (Å²) in [5.74, 6) is 0. The third-order valence-corrected chi connectivity index (χ3v) is 2.43. The lowest BCUT2D eigenvalue weighted by molar-refractivity contribution is -0.0565. The van der Waals surface area contributed by atoms with E-state index >= 15 is 0 Å². The normalized spacial score (nSPS) is 39.0. The van der Waals surface area contributed by atoms with Crippen LogP contribution < -0.4 is 0 Å². The number of rotatable bonds is 0. The van der Waals surface area contributed by atoms with E-state index in [0.717, 1.165) is 12.8 Å². The molecule has 9 heavy (non-hydrogen) atoms. The van der Waals surface area contributed by atoms with Crippen LogP contribution in [0.1, 0.15) is 25.7 Å². The van der Waals surface area contributed by atoms with Gasteiger partial charge in [0.25, 0.3) is 0 Å². The Kier molecular flexibility index (Phi) is 1.06. The predicted molar refractivity (Wildman–Crippen MR) is 32.0 cm³/mol. The summed E-state index contributed by atoms with van der Waals surface area (Å²) in [4.78, 5) is 0. The minimum absolute atomic E-state index is 0.0133. The van der Waals surface area contributed by atoms with Gasteiger partial charge in [0, 0.05) is 6.42 Å². The highest BCUT2D eigenvalue weighted by molar-refractivity contribution is 4.95. The summed E-state index contributed by atoms with van der Waals surface area (Å²) in [7, 11) is 0. The van der Waals surface area contributed by atoms with Gasteiger partial charge >= 0.3 is 0 Å². The minimum atomic E-state index is -0.676. The van der Waals surface area contributed by atoms with E-state index in [1.54, 1.807) is 0 Å². The Balaban J connectivity index is 1.99. The highest BCUT2D eigenvalue weighted by atomic mass is 19.1. The van der Waals surface area contributed by atoms with Crippen LogP contribution in [0.3, 0.4) is 0 Å². The van der Waals surface area contributed by atoms with Gasteiger partial charge in [-0.05, 0) is 19.3 Å². The largest absolute Gasteiger partial charge is 0.372 e. The van der Waals surface area contributed by atoms with E-state index < -0.39 is 6.17 Å². The van der Waals surface area contributed by atoms with Crippen molar-refractivity contribution in [3.63, 3.8) is 0 Å². The lowest BCUT2D eigenvalue weighted by Gasteiger charge is -2.36. The fourth-order valence-corrected chi connectivity index (χ4v) is 1.71. The summed E-state index contributed by atoms with van der Waals surface area (Å²) in [5, 5.41) is 0. The standard InChI is InChI=1S/C7H11FO/c8-6-4-7(9-5-6)2-1-3-7/h6H,1-5H2/t6-/m0/s1. The summed E-state index contributed by atoms with van der Waals surface area (Å²) >= 11 is 0. The number of halogens is 1. The maximum absolute atomic E-state index is 12.5. The zero-order valence-electron chi connectivity index (χ0n) is 5.40. The van der Waals surface area contributed by atoms with Crippen LogP contribution in [-0.2, 0) is 4.74 Å². The molecule has 2 fully saturated rings. The van der Waals surface area contributed by atoms with E-state index in [1.165, 1.54) is 6.42 Å². The Morgan fingerprint density at radius 1 is 1.44 bits per heavy atom. The lowest BCUT2D eigenvalue weighted by Crippen LogP contribution is -2.35. The van der Waals surface area contributed by atoms with Gasteiger partial charge in [-0.3, -0.25) is 0 Å².